The number of amides is 1. The van der Waals surface area contributed by atoms with Gasteiger partial charge < -0.3 is 14.6 Å². The highest BCUT2D eigenvalue weighted by molar-refractivity contribution is 6.36. The fourth-order valence-electron chi connectivity index (χ4n) is 2.52. The molecule has 1 N–H and O–H groups in total. The van der Waals surface area contributed by atoms with Gasteiger partial charge in [-0.3, -0.25) is 4.79 Å². The molecule has 0 fully saturated rings. The lowest BCUT2D eigenvalue weighted by molar-refractivity contribution is 0.101. The SMILES string of the molecule is Cc1ccc(OCc2c(C(=O)Nc3ncc(Cl)cc3Cl)noc2C)c(C)c1. The van der Waals surface area contributed by atoms with Crippen LogP contribution in [-0.2, 0) is 6.61 Å². The van der Waals surface area contributed by atoms with Crippen LogP contribution in [0.2, 0.25) is 10.0 Å². The summed E-state index contributed by atoms with van der Waals surface area (Å²) in [5.41, 5.74) is 2.82. The number of carbonyl (C=O) groups excluding carboxylic acids is 1. The van der Waals surface area contributed by atoms with Gasteiger partial charge in [-0.1, -0.05) is 46.1 Å². The Kier molecular flexibility index (Phi) is 5.68. The van der Waals surface area contributed by atoms with Crippen LogP contribution in [0.25, 0.3) is 0 Å². The van der Waals surface area contributed by atoms with Crippen LogP contribution >= 0.6 is 23.2 Å². The first kappa shape index (κ1) is 19.2. The molecule has 0 radical (unpaired) electrons. The molecule has 0 saturated carbocycles. The van der Waals surface area contributed by atoms with Gasteiger partial charge in [0.05, 0.1) is 15.6 Å². The molecule has 0 aliphatic heterocycles. The Labute approximate surface area is 166 Å². The van der Waals surface area contributed by atoms with Crippen LogP contribution in [0.5, 0.6) is 5.75 Å². The largest absolute Gasteiger partial charge is 0.488 e. The number of rotatable bonds is 5. The van der Waals surface area contributed by atoms with Crippen LogP contribution in [0.15, 0.2) is 35.0 Å². The summed E-state index contributed by atoms with van der Waals surface area (Å²) < 4.78 is 11.0. The molecule has 0 unspecified atom stereocenters. The lowest BCUT2D eigenvalue weighted by Gasteiger charge is -2.10. The van der Waals surface area contributed by atoms with Gasteiger partial charge in [0.15, 0.2) is 11.5 Å². The summed E-state index contributed by atoms with van der Waals surface area (Å²) in [6.45, 7) is 5.84. The summed E-state index contributed by atoms with van der Waals surface area (Å²) in [5, 5.41) is 7.05. The Morgan fingerprint density at radius 2 is 2.00 bits per heavy atom. The van der Waals surface area contributed by atoms with Crippen molar-refractivity contribution in [2.24, 2.45) is 0 Å². The van der Waals surface area contributed by atoms with Crippen molar-refractivity contribution >= 4 is 34.9 Å². The zero-order valence-corrected chi connectivity index (χ0v) is 16.5. The Hall–Kier alpha value is -2.57. The lowest BCUT2D eigenvalue weighted by atomic mass is 10.1. The summed E-state index contributed by atoms with van der Waals surface area (Å²) in [4.78, 5) is 16.6. The number of halogens is 2. The van der Waals surface area contributed by atoms with Crippen LogP contribution in [0.3, 0.4) is 0 Å². The van der Waals surface area contributed by atoms with Crippen molar-refractivity contribution in [2.75, 3.05) is 5.32 Å². The maximum atomic E-state index is 12.6. The molecule has 0 aliphatic rings. The number of carbonyl (C=O) groups is 1. The molecule has 1 amide bonds. The van der Waals surface area contributed by atoms with Crippen molar-refractivity contribution in [3.63, 3.8) is 0 Å². The van der Waals surface area contributed by atoms with E-state index >= 15 is 0 Å². The Morgan fingerprint density at radius 3 is 2.70 bits per heavy atom. The predicted octanol–water partition coefficient (Wildman–Crippen LogP) is 5.13. The van der Waals surface area contributed by atoms with Crippen LogP contribution in [-0.4, -0.2) is 16.0 Å². The molecule has 0 saturated heterocycles. The summed E-state index contributed by atoms with van der Waals surface area (Å²) in [5.74, 6) is 0.922. The van der Waals surface area contributed by atoms with Crippen molar-refractivity contribution in [1.82, 2.24) is 10.1 Å². The molecule has 0 atom stereocenters. The number of ether oxygens (including phenoxy) is 1. The minimum Gasteiger partial charge on any atom is -0.488 e. The van der Waals surface area contributed by atoms with Gasteiger partial charge in [-0.05, 0) is 38.5 Å². The van der Waals surface area contributed by atoms with Crippen molar-refractivity contribution in [1.29, 1.82) is 0 Å². The van der Waals surface area contributed by atoms with Crippen molar-refractivity contribution in [2.45, 2.75) is 27.4 Å². The number of aryl methyl sites for hydroxylation is 3. The van der Waals surface area contributed by atoms with Crippen molar-refractivity contribution in [3.05, 3.63) is 68.7 Å². The van der Waals surface area contributed by atoms with Crippen LogP contribution < -0.4 is 10.1 Å². The average molecular weight is 406 g/mol. The highest BCUT2D eigenvalue weighted by Gasteiger charge is 2.22. The first-order valence-electron chi connectivity index (χ1n) is 8.12. The Balaban J connectivity index is 1.78. The molecule has 27 heavy (non-hydrogen) atoms. The van der Waals surface area contributed by atoms with E-state index in [1.165, 1.54) is 12.3 Å². The number of nitrogens with zero attached hydrogens (tertiary/aromatic N) is 2. The third-order valence-electron chi connectivity index (χ3n) is 3.94. The van der Waals surface area contributed by atoms with E-state index in [2.05, 4.69) is 15.5 Å². The molecule has 0 aliphatic carbocycles. The Morgan fingerprint density at radius 1 is 1.22 bits per heavy atom. The third kappa shape index (κ3) is 4.40. The van der Waals surface area contributed by atoms with Crippen molar-refractivity contribution < 1.29 is 14.1 Å². The molecular weight excluding hydrogens is 389 g/mol. The fourth-order valence-corrected chi connectivity index (χ4v) is 2.95. The molecule has 0 spiro atoms. The van der Waals surface area contributed by atoms with E-state index in [0.717, 1.165) is 16.9 Å². The van der Waals surface area contributed by atoms with E-state index in [4.69, 9.17) is 32.5 Å². The van der Waals surface area contributed by atoms with E-state index in [9.17, 15) is 4.79 Å². The normalized spacial score (nSPS) is 10.7. The summed E-state index contributed by atoms with van der Waals surface area (Å²) in [6.07, 6.45) is 1.39. The van der Waals surface area contributed by atoms with Crippen LogP contribution in [0.4, 0.5) is 5.82 Å². The number of aromatic nitrogens is 2. The van der Waals surface area contributed by atoms with Gasteiger partial charge >= 0.3 is 0 Å². The summed E-state index contributed by atoms with van der Waals surface area (Å²) in [6, 6.07) is 7.37. The highest BCUT2D eigenvalue weighted by Crippen LogP contribution is 2.25. The second-order valence-electron chi connectivity index (χ2n) is 6.06. The number of nitrogens with one attached hydrogen (secondary N) is 1. The molecule has 0 bridgehead atoms. The van der Waals surface area contributed by atoms with E-state index in [0.29, 0.717) is 16.3 Å². The summed E-state index contributed by atoms with van der Waals surface area (Å²) >= 11 is 11.9. The maximum absolute atomic E-state index is 12.6. The molecule has 8 heteroatoms. The number of anilines is 1. The molecule has 6 nitrogen and oxygen atoms in total. The zero-order valence-electron chi connectivity index (χ0n) is 15.0. The number of hydrogen-bond acceptors (Lipinski definition) is 5. The van der Waals surface area contributed by atoms with Crippen LogP contribution in [0, 0.1) is 20.8 Å². The van der Waals surface area contributed by atoms with E-state index in [-0.39, 0.29) is 23.1 Å². The second-order valence-corrected chi connectivity index (χ2v) is 6.91. The number of benzene rings is 1. The standard InChI is InChI=1S/C19H17Cl2N3O3/c1-10-4-5-16(11(2)6-10)26-9-14-12(3)27-24-17(14)19(25)23-18-15(21)7-13(20)8-22-18/h4-8H,9H2,1-3H3,(H,22,23,25). The van der Waals surface area contributed by atoms with E-state index < -0.39 is 5.91 Å². The number of hydrogen-bond donors (Lipinski definition) is 1. The first-order chi connectivity index (χ1) is 12.8. The number of pyridine rings is 1. The van der Waals surface area contributed by atoms with Gasteiger partial charge in [0.1, 0.15) is 18.1 Å². The first-order valence-corrected chi connectivity index (χ1v) is 8.88. The van der Waals surface area contributed by atoms with Gasteiger partial charge in [-0.25, -0.2) is 4.98 Å². The minimum absolute atomic E-state index is 0.116. The molecule has 2 heterocycles. The lowest BCUT2D eigenvalue weighted by Crippen LogP contribution is -2.16. The van der Waals surface area contributed by atoms with Gasteiger partial charge in [0, 0.05) is 6.20 Å². The van der Waals surface area contributed by atoms with Gasteiger partial charge in [-0.15, -0.1) is 0 Å². The molecule has 2 aromatic heterocycles. The quantitative estimate of drug-likeness (QED) is 0.636. The molecular formula is C19H17Cl2N3O3. The predicted molar refractivity (Wildman–Crippen MR) is 104 cm³/mol. The van der Waals surface area contributed by atoms with Gasteiger partial charge in [0.25, 0.3) is 5.91 Å². The topological polar surface area (TPSA) is 77.2 Å². The average Bonchev–Trinajstić information content (AvgIpc) is 2.97. The van der Waals surface area contributed by atoms with E-state index in [1.807, 2.05) is 32.0 Å². The Bertz CT molecular complexity index is 1000. The zero-order chi connectivity index (χ0) is 19.6. The highest BCUT2D eigenvalue weighted by atomic mass is 35.5. The van der Waals surface area contributed by atoms with Gasteiger partial charge in [0.2, 0.25) is 0 Å². The maximum Gasteiger partial charge on any atom is 0.279 e. The van der Waals surface area contributed by atoms with Crippen molar-refractivity contribution in [3.8, 4) is 5.75 Å². The molecule has 140 valence electrons. The van der Waals surface area contributed by atoms with Crippen LogP contribution in [0.1, 0.15) is 32.9 Å². The van der Waals surface area contributed by atoms with E-state index in [1.54, 1.807) is 6.92 Å². The second kappa shape index (κ2) is 7.98. The summed E-state index contributed by atoms with van der Waals surface area (Å²) in [7, 11) is 0. The smallest absolute Gasteiger partial charge is 0.279 e. The monoisotopic (exact) mass is 405 g/mol. The molecule has 1 aromatic carbocycles. The fraction of sp³-hybridized carbons (Fsp3) is 0.211. The minimum atomic E-state index is -0.497. The molecule has 3 aromatic rings. The molecule has 3 rings (SSSR count). The van der Waals surface area contributed by atoms with Gasteiger partial charge in [-0.2, -0.15) is 0 Å². The third-order valence-corrected chi connectivity index (χ3v) is 4.44.